The van der Waals surface area contributed by atoms with Crippen molar-refractivity contribution in [1.29, 1.82) is 0 Å². The molecule has 0 radical (unpaired) electrons. The summed E-state index contributed by atoms with van der Waals surface area (Å²) in [7, 11) is 1.99. The Hall–Kier alpha value is -0.830. The van der Waals surface area contributed by atoms with Crippen molar-refractivity contribution in [2.24, 2.45) is 13.0 Å². The lowest BCUT2D eigenvalue weighted by Gasteiger charge is -2.16. The fourth-order valence-corrected chi connectivity index (χ4v) is 2.13. The van der Waals surface area contributed by atoms with E-state index >= 15 is 0 Å². The van der Waals surface area contributed by atoms with Gasteiger partial charge < -0.3 is 5.32 Å². The van der Waals surface area contributed by atoms with Crippen LogP contribution < -0.4 is 5.32 Å². The maximum Gasteiger partial charge on any atom is 0.0537 e. The molecule has 0 aromatic carbocycles. The second-order valence-electron chi connectivity index (χ2n) is 4.97. The standard InChI is InChI=1S/C13H23N3/c1-3-8-14-13(7-6-11-4-5-11)12-9-15-16(2)10-12/h9-11,13-14H,3-8H2,1-2H3. The van der Waals surface area contributed by atoms with Crippen LogP contribution in [0.1, 0.15) is 50.6 Å². The van der Waals surface area contributed by atoms with Crippen LogP contribution >= 0.6 is 0 Å². The predicted molar refractivity (Wildman–Crippen MR) is 66.2 cm³/mol. The summed E-state index contributed by atoms with van der Waals surface area (Å²) >= 11 is 0. The van der Waals surface area contributed by atoms with Crippen molar-refractivity contribution in [1.82, 2.24) is 15.1 Å². The lowest BCUT2D eigenvalue weighted by atomic mass is 10.0. The molecule has 1 heterocycles. The van der Waals surface area contributed by atoms with E-state index in [2.05, 4.69) is 23.5 Å². The molecule has 1 aliphatic rings. The summed E-state index contributed by atoms with van der Waals surface area (Å²) < 4.78 is 1.90. The van der Waals surface area contributed by atoms with Crippen molar-refractivity contribution in [3.63, 3.8) is 0 Å². The van der Waals surface area contributed by atoms with Crippen LogP contribution in [-0.2, 0) is 7.05 Å². The third-order valence-electron chi connectivity index (χ3n) is 3.33. The van der Waals surface area contributed by atoms with E-state index in [9.17, 15) is 0 Å². The van der Waals surface area contributed by atoms with Gasteiger partial charge in [-0.05, 0) is 31.7 Å². The molecule has 0 amide bonds. The van der Waals surface area contributed by atoms with Gasteiger partial charge in [-0.3, -0.25) is 4.68 Å². The molecule has 1 aromatic rings. The van der Waals surface area contributed by atoms with Gasteiger partial charge in [0, 0.05) is 24.8 Å². The van der Waals surface area contributed by atoms with Crippen LogP contribution in [0.3, 0.4) is 0 Å². The molecule has 1 N–H and O–H groups in total. The second kappa shape index (κ2) is 5.48. The Balaban J connectivity index is 1.89. The largest absolute Gasteiger partial charge is 0.310 e. The van der Waals surface area contributed by atoms with Gasteiger partial charge in [-0.25, -0.2) is 0 Å². The number of aryl methyl sites for hydroxylation is 1. The Labute approximate surface area is 98.2 Å². The van der Waals surface area contributed by atoms with Gasteiger partial charge in [-0.2, -0.15) is 5.10 Å². The lowest BCUT2D eigenvalue weighted by Crippen LogP contribution is -2.22. The summed E-state index contributed by atoms with van der Waals surface area (Å²) in [5.41, 5.74) is 1.34. The van der Waals surface area contributed by atoms with Crippen LogP contribution in [0.5, 0.6) is 0 Å². The summed E-state index contributed by atoms with van der Waals surface area (Å²) in [5, 5.41) is 7.89. The molecule has 1 aliphatic carbocycles. The van der Waals surface area contributed by atoms with Crippen LogP contribution in [0, 0.1) is 5.92 Å². The van der Waals surface area contributed by atoms with E-state index in [0.717, 1.165) is 12.5 Å². The van der Waals surface area contributed by atoms with Crippen LogP contribution in [0.15, 0.2) is 12.4 Å². The maximum absolute atomic E-state index is 4.26. The minimum absolute atomic E-state index is 0.509. The molecule has 0 spiro atoms. The minimum atomic E-state index is 0.509. The Bertz CT molecular complexity index is 315. The summed E-state index contributed by atoms with van der Waals surface area (Å²) in [6.45, 7) is 3.32. The highest BCUT2D eigenvalue weighted by molar-refractivity contribution is 5.10. The smallest absolute Gasteiger partial charge is 0.0537 e. The topological polar surface area (TPSA) is 29.9 Å². The maximum atomic E-state index is 4.26. The van der Waals surface area contributed by atoms with Gasteiger partial charge in [0.1, 0.15) is 0 Å². The Morgan fingerprint density at radius 1 is 1.56 bits per heavy atom. The van der Waals surface area contributed by atoms with E-state index < -0.39 is 0 Å². The van der Waals surface area contributed by atoms with Gasteiger partial charge in [-0.1, -0.05) is 19.8 Å². The van der Waals surface area contributed by atoms with Crippen molar-refractivity contribution < 1.29 is 0 Å². The molecular formula is C13H23N3. The first-order chi connectivity index (χ1) is 7.79. The molecule has 1 aromatic heterocycles. The third kappa shape index (κ3) is 3.34. The Morgan fingerprint density at radius 3 is 2.94 bits per heavy atom. The molecule has 16 heavy (non-hydrogen) atoms. The van der Waals surface area contributed by atoms with Crippen molar-refractivity contribution in [2.45, 2.75) is 45.1 Å². The van der Waals surface area contributed by atoms with Gasteiger partial charge in [0.2, 0.25) is 0 Å². The SMILES string of the molecule is CCCNC(CCC1CC1)c1cnn(C)c1. The molecule has 3 heteroatoms. The highest BCUT2D eigenvalue weighted by Gasteiger charge is 2.23. The monoisotopic (exact) mass is 221 g/mol. The van der Waals surface area contributed by atoms with Gasteiger partial charge >= 0.3 is 0 Å². The van der Waals surface area contributed by atoms with Crippen molar-refractivity contribution in [3.05, 3.63) is 18.0 Å². The zero-order valence-corrected chi connectivity index (χ0v) is 10.4. The summed E-state index contributed by atoms with van der Waals surface area (Å²) in [5.74, 6) is 1.02. The molecule has 0 saturated heterocycles. The Morgan fingerprint density at radius 2 is 2.38 bits per heavy atom. The molecule has 1 fully saturated rings. The highest BCUT2D eigenvalue weighted by Crippen LogP contribution is 2.35. The third-order valence-corrected chi connectivity index (χ3v) is 3.33. The van der Waals surface area contributed by atoms with E-state index in [4.69, 9.17) is 0 Å². The molecule has 3 nitrogen and oxygen atoms in total. The van der Waals surface area contributed by atoms with Crippen LogP contribution in [0.4, 0.5) is 0 Å². The quantitative estimate of drug-likeness (QED) is 0.767. The Kier molecular flexibility index (Phi) is 3.99. The number of aromatic nitrogens is 2. The highest BCUT2D eigenvalue weighted by atomic mass is 15.2. The summed E-state index contributed by atoms with van der Waals surface area (Å²) in [6.07, 6.45) is 10.9. The van der Waals surface area contributed by atoms with Crippen LogP contribution in [0.2, 0.25) is 0 Å². The first kappa shape index (κ1) is 11.6. The average molecular weight is 221 g/mol. The van der Waals surface area contributed by atoms with Crippen LogP contribution in [0.25, 0.3) is 0 Å². The molecule has 1 unspecified atom stereocenters. The normalized spacial score (nSPS) is 17.6. The number of hydrogen-bond acceptors (Lipinski definition) is 2. The molecule has 0 bridgehead atoms. The first-order valence-electron chi connectivity index (χ1n) is 6.51. The molecule has 2 rings (SSSR count). The number of rotatable bonds is 7. The molecule has 1 atom stereocenters. The predicted octanol–water partition coefficient (Wildman–Crippen LogP) is 2.65. The van der Waals surface area contributed by atoms with E-state index in [1.54, 1.807) is 0 Å². The van der Waals surface area contributed by atoms with E-state index in [-0.39, 0.29) is 0 Å². The van der Waals surface area contributed by atoms with E-state index in [0.29, 0.717) is 6.04 Å². The molecule has 1 saturated carbocycles. The van der Waals surface area contributed by atoms with E-state index in [1.165, 1.54) is 37.7 Å². The van der Waals surface area contributed by atoms with Gasteiger partial charge in [-0.15, -0.1) is 0 Å². The fraction of sp³-hybridized carbons (Fsp3) is 0.769. The van der Waals surface area contributed by atoms with Gasteiger partial charge in [0.25, 0.3) is 0 Å². The van der Waals surface area contributed by atoms with Crippen LogP contribution in [-0.4, -0.2) is 16.3 Å². The molecular weight excluding hydrogens is 198 g/mol. The molecule has 90 valence electrons. The minimum Gasteiger partial charge on any atom is -0.310 e. The first-order valence-corrected chi connectivity index (χ1v) is 6.51. The van der Waals surface area contributed by atoms with Gasteiger partial charge in [0.15, 0.2) is 0 Å². The van der Waals surface area contributed by atoms with Crippen molar-refractivity contribution in [2.75, 3.05) is 6.54 Å². The lowest BCUT2D eigenvalue weighted by molar-refractivity contribution is 0.470. The second-order valence-corrected chi connectivity index (χ2v) is 4.97. The zero-order valence-electron chi connectivity index (χ0n) is 10.4. The summed E-state index contributed by atoms with van der Waals surface area (Å²) in [4.78, 5) is 0. The number of hydrogen-bond donors (Lipinski definition) is 1. The van der Waals surface area contributed by atoms with Crippen molar-refractivity contribution in [3.8, 4) is 0 Å². The number of nitrogens with zero attached hydrogens (tertiary/aromatic N) is 2. The fourth-order valence-electron chi connectivity index (χ4n) is 2.13. The number of nitrogens with one attached hydrogen (secondary N) is 1. The molecule has 0 aliphatic heterocycles. The van der Waals surface area contributed by atoms with Crippen molar-refractivity contribution >= 4 is 0 Å². The zero-order chi connectivity index (χ0) is 11.4. The average Bonchev–Trinajstić information content (AvgIpc) is 3.01. The summed E-state index contributed by atoms with van der Waals surface area (Å²) in [6, 6.07) is 0.509. The van der Waals surface area contributed by atoms with E-state index in [1.807, 2.05) is 17.9 Å². The van der Waals surface area contributed by atoms with Gasteiger partial charge in [0.05, 0.1) is 6.20 Å².